The lowest BCUT2D eigenvalue weighted by Gasteiger charge is -2.45. The number of nitrogens with one attached hydrogen (secondary N) is 1. The summed E-state index contributed by atoms with van der Waals surface area (Å²) in [5, 5.41) is 4.07. The van der Waals surface area contributed by atoms with Crippen LogP contribution in [0.5, 0.6) is 0 Å². The van der Waals surface area contributed by atoms with Crippen molar-refractivity contribution in [2.75, 3.05) is 18.5 Å². The molecule has 0 spiro atoms. The number of hydrogen-bond donors (Lipinski definition) is 1. The van der Waals surface area contributed by atoms with Gasteiger partial charge in [0.25, 0.3) is 0 Å². The quantitative estimate of drug-likeness (QED) is 0.897. The van der Waals surface area contributed by atoms with E-state index in [-0.39, 0.29) is 0 Å². The summed E-state index contributed by atoms with van der Waals surface area (Å²) < 4.78 is 0. The molecule has 0 amide bonds. The first-order chi connectivity index (χ1) is 9.79. The molecule has 1 N–H and O–H groups in total. The van der Waals surface area contributed by atoms with Crippen molar-refractivity contribution in [2.45, 2.75) is 51.1 Å². The maximum atomic E-state index is 6.44. The van der Waals surface area contributed by atoms with Crippen molar-refractivity contribution in [1.82, 2.24) is 5.32 Å². The standard InChI is InChI=1S/C17H25ClN2/c1-19-12-14-8-9-15(11-16(14)18)20-10-4-6-13-5-2-3-7-17(13)20/h8-9,11,13,17,19H,2-7,10,12H2,1H3. The Labute approximate surface area is 127 Å². The molecule has 0 bridgehead atoms. The molecule has 3 heteroatoms. The Bertz CT molecular complexity index is 458. The predicted molar refractivity (Wildman–Crippen MR) is 86.5 cm³/mol. The molecule has 1 saturated carbocycles. The maximum absolute atomic E-state index is 6.44. The molecule has 0 radical (unpaired) electrons. The van der Waals surface area contributed by atoms with E-state index < -0.39 is 0 Å². The third-order valence-corrected chi connectivity index (χ3v) is 5.33. The van der Waals surface area contributed by atoms with E-state index in [2.05, 4.69) is 28.4 Å². The summed E-state index contributed by atoms with van der Waals surface area (Å²) in [6.07, 6.45) is 8.36. The second-order valence-electron chi connectivity index (χ2n) is 6.25. The first-order valence-electron chi connectivity index (χ1n) is 7.99. The zero-order valence-electron chi connectivity index (χ0n) is 12.4. The van der Waals surface area contributed by atoms with Gasteiger partial charge in [0.2, 0.25) is 0 Å². The van der Waals surface area contributed by atoms with Crippen LogP contribution >= 0.6 is 11.6 Å². The summed E-state index contributed by atoms with van der Waals surface area (Å²) in [6.45, 7) is 2.04. The Morgan fingerprint density at radius 1 is 1.20 bits per heavy atom. The number of halogens is 1. The Balaban J connectivity index is 1.82. The Morgan fingerprint density at radius 3 is 2.80 bits per heavy atom. The lowest BCUT2D eigenvalue weighted by atomic mass is 9.78. The first kappa shape index (κ1) is 14.2. The van der Waals surface area contributed by atoms with E-state index in [9.17, 15) is 0 Å². The lowest BCUT2D eigenvalue weighted by molar-refractivity contribution is 0.244. The lowest BCUT2D eigenvalue weighted by Crippen LogP contribution is -2.46. The van der Waals surface area contributed by atoms with E-state index in [0.717, 1.165) is 23.5 Å². The van der Waals surface area contributed by atoms with Crippen molar-refractivity contribution in [3.05, 3.63) is 28.8 Å². The van der Waals surface area contributed by atoms with Crippen LogP contribution in [0.15, 0.2) is 18.2 Å². The van der Waals surface area contributed by atoms with Gasteiger partial charge in [0.05, 0.1) is 0 Å². The maximum Gasteiger partial charge on any atom is 0.0471 e. The molecule has 3 rings (SSSR count). The van der Waals surface area contributed by atoms with Crippen LogP contribution in [0.25, 0.3) is 0 Å². The summed E-state index contributed by atoms with van der Waals surface area (Å²) >= 11 is 6.44. The largest absolute Gasteiger partial charge is 0.368 e. The van der Waals surface area contributed by atoms with Crippen molar-refractivity contribution in [2.24, 2.45) is 5.92 Å². The summed E-state index contributed by atoms with van der Waals surface area (Å²) in [6, 6.07) is 7.37. The third kappa shape index (κ3) is 2.82. The second-order valence-corrected chi connectivity index (χ2v) is 6.66. The van der Waals surface area contributed by atoms with Gasteiger partial charge >= 0.3 is 0 Å². The van der Waals surface area contributed by atoms with Gasteiger partial charge in [-0.15, -0.1) is 0 Å². The minimum absolute atomic E-state index is 0.753. The van der Waals surface area contributed by atoms with Crippen molar-refractivity contribution in [3.63, 3.8) is 0 Å². The highest BCUT2D eigenvalue weighted by Crippen LogP contribution is 2.38. The molecule has 1 aliphatic carbocycles. The first-order valence-corrected chi connectivity index (χ1v) is 8.37. The highest BCUT2D eigenvalue weighted by molar-refractivity contribution is 6.31. The van der Waals surface area contributed by atoms with Gasteiger partial charge in [-0.05, 0) is 56.3 Å². The normalized spacial score (nSPS) is 26.4. The SMILES string of the molecule is CNCc1ccc(N2CCCC3CCCCC32)cc1Cl. The van der Waals surface area contributed by atoms with Crippen LogP contribution in [0.4, 0.5) is 5.69 Å². The van der Waals surface area contributed by atoms with Gasteiger partial charge in [0.1, 0.15) is 0 Å². The molecular formula is C17H25ClN2. The van der Waals surface area contributed by atoms with E-state index >= 15 is 0 Å². The molecule has 2 unspecified atom stereocenters. The molecule has 1 heterocycles. The van der Waals surface area contributed by atoms with Gasteiger partial charge in [0.15, 0.2) is 0 Å². The molecule has 1 aromatic rings. The minimum atomic E-state index is 0.753. The van der Waals surface area contributed by atoms with Crippen LogP contribution in [0.3, 0.4) is 0 Å². The molecule has 1 saturated heterocycles. The number of piperidine rings is 1. The van der Waals surface area contributed by atoms with Crippen LogP contribution in [0.1, 0.15) is 44.1 Å². The van der Waals surface area contributed by atoms with Crippen LogP contribution in [0, 0.1) is 5.92 Å². The van der Waals surface area contributed by atoms with Gasteiger partial charge in [0, 0.05) is 29.8 Å². The third-order valence-electron chi connectivity index (χ3n) is 4.98. The van der Waals surface area contributed by atoms with Crippen molar-refractivity contribution in [3.8, 4) is 0 Å². The van der Waals surface area contributed by atoms with Gasteiger partial charge in [-0.3, -0.25) is 0 Å². The zero-order valence-corrected chi connectivity index (χ0v) is 13.1. The Kier molecular flexibility index (Phi) is 4.52. The van der Waals surface area contributed by atoms with Crippen LogP contribution in [-0.2, 0) is 6.54 Å². The van der Waals surface area contributed by atoms with Crippen molar-refractivity contribution in [1.29, 1.82) is 0 Å². The van der Waals surface area contributed by atoms with Crippen LogP contribution < -0.4 is 10.2 Å². The Morgan fingerprint density at radius 2 is 2.00 bits per heavy atom. The fraction of sp³-hybridized carbons (Fsp3) is 0.647. The van der Waals surface area contributed by atoms with E-state index in [1.54, 1.807) is 0 Å². The topological polar surface area (TPSA) is 15.3 Å². The number of benzene rings is 1. The summed E-state index contributed by atoms with van der Waals surface area (Å²) in [5.41, 5.74) is 2.52. The van der Waals surface area contributed by atoms with Gasteiger partial charge < -0.3 is 10.2 Å². The van der Waals surface area contributed by atoms with E-state index in [1.807, 2.05) is 7.05 Å². The molecule has 0 aromatic heterocycles. The highest BCUT2D eigenvalue weighted by atomic mass is 35.5. The number of nitrogens with zero attached hydrogens (tertiary/aromatic N) is 1. The monoisotopic (exact) mass is 292 g/mol. The molecular weight excluding hydrogens is 268 g/mol. The fourth-order valence-electron chi connectivity index (χ4n) is 3.99. The van der Waals surface area contributed by atoms with Gasteiger partial charge in [-0.1, -0.05) is 30.5 Å². The molecule has 2 atom stereocenters. The van der Waals surface area contributed by atoms with E-state index in [0.29, 0.717) is 0 Å². The minimum Gasteiger partial charge on any atom is -0.368 e. The zero-order chi connectivity index (χ0) is 13.9. The molecule has 2 nitrogen and oxygen atoms in total. The summed E-state index contributed by atoms with van der Waals surface area (Å²) in [4.78, 5) is 2.63. The fourth-order valence-corrected chi connectivity index (χ4v) is 4.24. The highest BCUT2D eigenvalue weighted by Gasteiger charge is 2.33. The molecule has 110 valence electrons. The number of hydrogen-bond acceptors (Lipinski definition) is 2. The molecule has 2 aliphatic rings. The smallest absolute Gasteiger partial charge is 0.0471 e. The van der Waals surface area contributed by atoms with E-state index in [1.165, 1.54) is 56.3 Å². The average molecular weight is 293 g/mol. The van der Waals surface area contributed by atoms with Crippen LogP contribution in [-0.4, -0.2) is 19.6 Å². The number of rotatable bonds is 3. The number of anilines is 1. The van der Waals surface area contributed by atoms with Crippen LogP contribution in [0.2, 0.25) is 5.02 Å². The number of fused-ring (bicyclic) bond motifs is 1. The second kappa shape index (κ2) is 6.36. The van der Waals surface area contributed by atoms with Gasteiger partial charge in [-0.2, -0.15) is 0 Å². The average Bonchev–Trinajstić information content (AvgIpc) is 2.49. The van der Waals surface area contributed by atoms with E-state index in [4.69, 9.17) is 11.6 Å². The molecule has 1 aliphatic heterocycles. The molecule has 2 fully saturated rings. The molecule has 1 aromatic carbocycles. The summed E-state index contributed by atoms with van der Waals surface area (Å²) in [7, 11) is 1.96. The summed E-state index contributed by atoms with van der Waals surface area (Å²) in [5.74, 6) is 0.910. The Hall–Kier alpha value is -0.730. The van der Waals surface area contributed by atoms with Gasteiger partial charge in [-0.25, -0.2) is 0 Å². The molecule has 20 heavy (non-hydrogen) atoms. The predicted octanol–water partition coefficient (Wildman–Crippen LogP) is 4.22. The van der Waals surface area contributed by atoms with Crippen molar-refractivity contribution < 1.29 is 0 Å². The van der Waals surface area contributed by atoms with Crippen molar-refractivity contribution >= 4 is 17.3 Å².